The molecule has 0 saturated heterocycles. The van der Waals surface area contributed by atoms with Crippen molar-refractivity contribution in [1.82, 2.24) is 0 Å². The van der Waals surface area contributed by atoms with E-state index >= 15 is 0 Å². The van der Waals surface area contributed by atoms with Gasteiger partial charge in [-0.15, -0.1) is 0 Å². The highest BCUT2D eigenvalue weighted by molar-refractivity contribution is 6.37. The van der Waals surface area contributed by atoms with E-state index in [1.165, 1.54) is 19.1 Å². The first-order valence-electron chi connectivity index (χ1n) is 6.55. The summed E-state index contributed by atoms with van der Waals surface area (Å²) in [6.45, 7) is 1.47. The molecule has 120 valence electrons. The van der Waals surface area contributed by atoms with Gasteiger partial charge in [0.05, 0.1) is 16.3 Å². The molecule has 0 spiro atoms. The minimum absolute atomic E-state index is 0.0123. The zero-order chi connectivity index (χ0) is 17.1. The summed E-state index contributed by atoms with van der Waals surface area (Å²) in [6.07, 6.45) is -0.999. The smallest absolute Gasteiger partial charge is 0.341 e. The molecule has 0 bridgehead atoms. The molecule has 0 unspecified atom stereocenters. The first-order valence-corrected chi connectivity index (χ1v) is 7.68. The second-order valence-corrected chi connectivity index (χ2v) is 6.05. The third-order valence-corrected chi connectivity index (χ3v) is 3.88. The van der Waals surface area contributed by atoms with E-state index < -0.39 is 12.1 Å². The van der Waals surface area contributed by atoms with E-state index in [1.54, 1.807) is 24.3 Å². The van der Waals surface area contributed by atoms with E-state index in [9.17, 15) is 9.59 Å². The molecule has 0 aliphatic heterocycles. The predicted molar refractivity (Wildman–Crippen MR) is 91.5 cm³/mol. The molecule has 0 saturated carbocycles. The highest BCUT2D eigenvalue weighted by Crippen LogP contribution is 2.28. The molecule has 23 heavy (non-hydrogen) atoms. The van der Waals surface area contributed by atoms with Crippen LogP contribution in [0.5, 0.6) is 0 Å². The summed E-state index contributed by atoms with van der Waals surface area (Å²) < 4.78 is 5.15. The van der Waals surface area contributed by atoms with Crippen molar-refractivity contribution in [3.05, 3.63) is 62.6 Å². The van der Waals surface area contributed by atoms with Crippen molar-refractivity contribution in [2.24, 2.45) is 0 Å². The Kier molecular flexibility index (Phi) is 5.52. The molecule has 0 heterocycles. The largest absolute Gasteiger partial charge is 0.451 e. The normalized spacial score (nSPS) is 11.8. The van der Waals surface area contributed by atoms with Crippen LogP contribution in [0, 0.1) is 0 Å². The first kappa shape index (κ1) is 17.6. The Hall–Kier alpha value is -1.75. The number of halogens is 3. The van der Waals surface area contributed by atoms with Gasteiger partial charge < -0.3 is 10.5 Å². The lowest BCUT2D eigenvalue weighted by molar-refractivity contribution is 0.0320. The fourth-order valence-electron chi connectivity index (χ4n) is 1.88. The van der Waals surface area contributed by atoms with Crippen LogP contribution in [0.15, 0.2) is 36.4 Å². The SMILES string of the molecule is C[C@@H](OC(=O)c1cc(Cl)cc(Cl)c1N)C(=O)c1ccc(Cl)cc1. The van der Waals surface area contributed by atoms with Gasteiger partial charge in [0.25, 0.3) is 0 Å². The van der Waals surface area contributed by atoms with Gasteiger partial charge in [-0.05, 0) is 43.3 Å². The van der Waals surface area contributed by atoms with Crippen LogP contribution in [-0.4, -0.2) is 17.9 Å². The van der Waals surface area contributed by atoms with E-state index in [0.29, 0.717) is 10.6 Å². The van der Waals surface area contributed by atoms with Gasteiger partial charge in [-0.1, -0.05) is 34.8 Å². The zero-order valence-corrected chi connectivity index (χ0v) is 14.2. The Bertz CT molecular complexity index is 760. The number of carbonyl (C=O) groups excluding carboxylic acids is 2. The number of Topliss-reactive ketones (excluding diaryl/α,β-unsaturated/α-hetero) is 1. The van der Waals surface area contributed by atoms with Crippen LogP contribution in [0.2, 0.25) is 15.1 Å². The zero-order valence-electron chi connectivity index (χ0n) is 12.0. The Morgan fingerprint density at radius 2 is 1.65 bits per heavy atom. The topological polar surface area (TPSA) is 69.4 Å². The fraction of sp³-hybridized carbons (Fsp3) is 0.125. The average Bonchev–Trinajstić information content (AvgIpc) is 2.50. The van der Waals surface area contributed by atoms with Crippen molar-refractivity contribution in [2.45, 2.75) is 13.0 Å². The number of nitrogen functional groups attached to an aromatic ring is 1. The lowest BCUT2D eigenvalue weighted by atomic mass is 10.1. The van der Waals surface area contributed by atoms with Crippen molar-refractivity contribution in [3.63, 3.8) is 0 Å². The standard InChI is InChI=1S/C16H12Cl3NO3/c1-8(15(21)9-2-4-10(17)5-3-9)23-16(22)12-6-11(18)7-13(19)14(12)20/h2-8H,20H2,1H3/t8-/m1/s1. The maximum Gasteiger partial charge on any atom is 0.341 e. The molecular weight excluding hydrogens is 361 g/mol. The number of hydrogen-bond donors (Lipinski definition) is 1. The highest BCUT2D eigenvalue weighted by Gasteiger charge is 2.22. The van der Waals surface area contributed by atoms with E-state index in [1.807, 2.05) is 0 Å². The molecule has 2 aromatic rings. The van der Waals surface area contributed by atoms with Crippen molar-refractivity contribution < 1.29 is 14.3 Å². The van der Waals surface area contributed by atoms with Crippen LogP contribution < -0.4 is 5.73 Å². The van der Waals surface area contributed by atoms with E-state index in [4.69, 9.17) is 45.3 Å². The molecule has 0 amide bonds. The molecule has 4 nitrogen and oxygen atoms in total. The Morgan fingerprint density at radius 1 is 1.04 bits per heavy atom. The molecule has 0 aliphatic rings. The van der Waals surface area contributed by atoms with Gasteiger partial charge in [-0.3, -0.25) is 4.79 Å². The van der Waals surface area contributed by atoms with E-state index in [0.717, 1.165) is 0 Å². The molecule has 1 atom stereocenters. The Balaban J connectivity index is 2.16. The summed E-state index contributed by atoms with van der Waals surface area (Å²) in [5, 5.41) is 0.890. The van der Waals surface area contributed by atoms with Crippen LogP contribution in [0.3, 0.4) is 0 Å². The number of benzene rings is 2. The predicted octanol–water partition coefficient (Wildman–Crippen LogP) is 4.66. The van der Waals surface area contributed by atoms with Gasteiger partial charge in [0.2, 0.25) is 5.78 Å². The minimum atomic E-state index is -0.999. The average molecular weight is 373 g/mol. The van der Waals surface area contributed by atoms with Gasteiger partial charge in [-0.2, -0.15) is 0 Å². The summed E-state index contributed by atoms with van der Waals surface area (Å²) >= 11 is 17.5. The van der Waals surface area contributed by atoms with Gasteiger partial charge >= 0.3 is 5.97 Å². The van der Waals surface area contributed by atoms with E-state index in [-0.39, 0.29) is 27.1 Å². The second kappa shape index (κ2) is 7.21. The number of ketones is 1. The maximum atomic E-state index is 12.2. The van der Waals surface area contributed by atoms with Gasteiger partial charge in [0.1, 0.15) is 0 Å². The van der Waals surface area contributed by atoms with Crippen LogP contribution in [0.25, 0.3) is 0 Å². The van der Waals surface area contributed by atoms with Crippen molar-refractivity contribution in [1.29, 1.82) is 0 Å². The number of nitrogens with two attached hydrogens (primary N) is 1. The summed E-state index contributed by atoms with van der Waals surface area (Å²) in [5.41, 5.74) is 6.18. The minimum Gasteiger partial charge on any atom is -0.451 e. The van der Waals surface area contributed by atoms with Crippen LogP contribution in [0.1, 0.15) is 27.6 Å². The number of rotatable bonds is 4. The molecule has 2 N–H and O–H groups in total. The van der Waals surface area contributed by atoms with Gasteiger partial charge in [0.15, 0.2) is 6.10 Å². The van der Waals surface area contributed by atoms with Crippen molar-refractivity contribution in [2.75, 3.05) is 5.73 Å². The fourth-order valence-corrected chi connectivity index (χ4v) is 2.50. The third kappa shape index (κ3) is 4.16. The number of hydrogen-bond acceptors (Lipinski definition) is 4. The van der Waals surface area contributed by atoms with Gasteiger partial charge in [0, 0.05) is 15.6 Å². The summed E-state index contributed by atoms with van der Waals surface area (Å²) in [7, 11) is 0. The second-order valence-electron chi connectivity index (χ2n) is 4.77. The molecule has 0 aliphatic carbocycles. The lowest BCUT2D eigenvalue weighted by Gasteiger charge is -2.14. The number of carbonyl (C=O) groups is 2. The first-order chi connectivity index (χ1) is 10.8. The van der Waals surface area contributed by atoms with Crippen molar-refractivity contribution >= 4 is 52.2 Å². The maximum absolute atomic E-state index is 12.2. The Morgan fingerprint density at radius 3 is 2.26 bits per heavy atom. The third-order valence-electron chi connectivity index (χ3n) is 3.10. The summed E-state index contributed by atoms with van der Waals surface area (Å²) in [4.78, 5) is 24.4. The molecule has 0 radical (unpaired) electrons. The summed E-state index contributed by atoms with van der Waals surface area (Å²) in [5.74, 6) is -1.14. The molecule has 2 aromatic carbocycles. The highest BCUT2D eigenvalue weighted by atomic mass is 35.5. The molecule has 0 aromatic heterocycles. The number of ether oxygens (including phenoxy) is 1. The molecule has 0 fully saturated rings. The monoisotopic (exact) mass is 371 g/mol. The van der Waals surface area contributed by atoms with Crippen LogP contribution >= 0.6 is 34.8 Å². The summed E-state index contributed by atoms with van der Waals surface area (Å²) in [6, 6.07) is 9.03. The molecular formula is C16H12Cl3NO3. The number of esters is 1. The quantitative estimate of drug-likeness (QED) is 0.481. The van der Waals surface area contributed by atoms with Crippen LogP contribution in [-0.2, 0) is 4.74 Å². The van der Waals surface area contributed by atoms with Gasteiger partial charge in [-0.25, -0.2) is 4.79 Å². The molecule has 2 rings (SSSR count). The number of anilines is 1. The Labute approximate surface area is 148 Å². The van der Waals surface area contributed by atoms with E-state index in [2.05, 4.69) is 0 Å². The van der Waals surface area contributed by atoms with Crippen LogP contribution in [0.4, 0.5) is 5.69 Å². The lowest BCUT2D eigenvalue weighted by Crippen LogP contribution is -2.25. The molecule has 7 heteroatoms. The van der Waals surface area contributed by atoms with Crippen molar-refractivity contribution in [3.8, 4) is 0 Å².